The summed E-state index contributed by atoms with van der Waals surface area (Å²) in [6.07, 6.45) is 4.11. The van der Waals surface area contributed by atoms with E-state index in [1.807, 2.05) is 94.8 Å². The Hall–Kier alpha value is -8.64. The molecule has 23 nitrogen and oxygen atoms in total. The standard InChI is InChI=1S/C31H35N5O6.C30H33N5O6.Na.H2O/c1-31(2,3)42-30(38)35-17-15-22(19-35)33-27-26-25(41-24-12-8-21(9-13-24)29(37)40-5)14-16-32-28(26)36(34-27)18-20-6-10-23(39-4)11-7-20;1-30(2,3)41-29(38)34-16-14-21(18-34)32-26-25-24(40-23-11-7-20(8-12-23)28(36)37)13-15-31-27(25)35(33-26)17-19-5-9-22(39-4)10-6-19;;/h6-14,16,22H,15,17-19H2,1-5H3,(H,33,34);5-13,15,21H,14,16-18H2,1-4H3,(H,32,33)(H,36,37);;1H2/q;;+1;/p-1/t22-;21-;;/m11../s1. The SMILES string of the molecule is COC(=O)c1ccc(Oc2ccnc3c2c(N[C@@H]2CCN(C(=O)OC(C)(C)C)C2)nn3Cc2ccc(OC)cc2)cc1.COc1ccc(Cn2nc(N[C@@H]3CCN(C(=O)OC(C)(C)C)C3)c3c(Oc4ccc(C(=O)O)cc4)ccnc32)cc1.[Na+].[OH-]. The molecular formula is C61H69N10NaO13. The molecule has 0 bridgehead atoms. The van der Waals surface area contributed by atoms with Crippen molar-refractivity contribution in [2.75, 3.05) is 58.1 Å². The molecule has 2 aliphatic rings. The monoisotopic (exact) mass is 1170 g/mol. The number of carbonyl (C=O) groups is 4. The molecule has 2 amide bonds. The molecule has 10 rings (SSSR count). The molecule has 2 saturated heterocycles. The number of methoxy groups -OCH3 is 3. The number of nitrogens with one attached hydrogen (secondary N) is 2. The van der Waals surface area contributed by atoms with Crippen molar-refractivity contribution in [2.24, 2.45) is 0 Å². The van der Waals surface area contributed by atoms with Gasteiger partial charge in [0, 0.05) is 62.8 Å². The molecule has 442 valence electrons. The van der Waals surface area contributed by atoms with Crippen LogP contribution in [0.5, 0.6) is 34.5 Å². The number of aromatic nitrogens is 6. The number of benzene rings is 4. The van der Waals surface area contributed by atoms with E-state index in [1.54, 1.807) is 89.6 Å². The molecular weight excluding hydrogens is 1100 g/mol. The topological polar surface area (TPSA) is 275 Å². The van der Waals surface area contributed by atoms with Crippen LogP contribution in [-0.2, 0) is 27.3 Å². The minimum absolute atomic E-state index is 0. The smallest absolute Gasteiger partial charge is 0.870 e. The van der Waals surface area contributed by atoms with Gasteiger partial charge in [-0.2, -0.15) is 10.2 Å². The third kappa shape index (κ3) is 16.4. The summed E-state index contributed by atoms with van der Waals surface area (Å²) < 4.78 is 42.6. The van der Waals surface area contributed by atoms with Gasteiger partial charge in [-0.3, -0.25) is 0 Å². The maximum Gasteiger partial charge on any atom is 1.00 e. The number of pyridine rings is 2. The van der Waals surface area contributed by atoms with Crippen LogP contribution in [0.25, 0.3) is 22.1 Å². The number of carbonyl (C=O) groups excluding carboxylic acids is 3. The number of nitrogens with zero attached hydrogens (tertiary/aromatic N) is 8. The second kappa shape index (κ2) is 27.8. The number of hydrogen-bond donors (Lipinski definition) is 3. The first-order chi connectivity index (χ1) is 39.7. The first-order valence-electron chi connectivity index (χ1n) is 27.1. The summed E-state index contributed by atoms with van der Waals surface area (Å²) in [7, 11) is 4.60. The Morgan fingerprint density at radius 3 is 1.28 bits per heavy atom. The Morgan fingerprint density at radius 2 is 0.929 bits per heavy atom. The summed E-state index contributed by atoms with van der Waals surface area (Å²) >= 11 is 0. The number of amides is 2. The third-order valence-electron chi connectivity index (χ3n) is 13.4. The predicted octanol–water partition coefficient (Wildman–Crippen LogP) is 7.72. The first-order valence-corrected chi connectivity index (χ1v) is 27.1. The van der Waals surface area contributed by atoms with Crippen molar-refractivity contribution in [3.8, 4) is 34.5 Å². The zero-order valence-corrected chi connectivity index (χ0v) is 51.3. The van der Waals surface area contributed by atoms with E-state index in [9.17, 15) is 24.3 Å². The van der Waals surface area contributed by atoms with E-state index >= 15 is 0 Å². The van der Waals surface area contributed by atoms with Gasteiger partial charge in [-0.15, -0.1) is 0 Å². The second-order valence-corrected chi connectivity index (χ2v) is 21.9. The van der Waals surface area contributed by atoms with E-state index in [0.29, 0.717) is 102 Å². The van der Waals surface area contributed by atoms with Gasteiger partial charge in [0.25, 0.3) is 0 Å². The summed E-state index contributed by atoms with van der Waals surface area (Å²) in [6, 6.07) is 31.9. The fourth-order valence-electron chi connectivity index (χ4n) is 9.36. The number of esters is 1. The number of likely N-dealkylation sites (tertiary alicyclic amines) is 2. The molecule has 4 aromatic carbocycles. The van der Waals surface area contributed by atoms with Crippen LogP contribution in [0.4, 0.5) is 21.2 Å². The van der Waals surface area contributed by atoms with Crippen LogP contribution in [0.3, 0.4) is 0 Å². The number of fused-ring (bicyclic) bond motifs is 2. The quantitative estimate of drug-likeness (QED) is 0.0474. The van der Waals surface area contributed by atoms with Crippen LogP contribution in [0.15, 0.2) is 122 Å². The van der Waals surface area contributed by atoms with E-state index in [4.69, 9.17) is 43.4 Å². The molecule has 4 aromatic heterocycles. The maximum atomic E-state index is 12.7. The van der Waals surface area contributed by atoms with Crippen molar-refractivity contribution in [1.29, 1.82) is 0 Å². The molecule has 0 spiro atoms. The summed E-state index contributed by atoms with van der Waals surface area (Å²) in [4.78, 5) is 61.1. The van der Waals surface area contributed by atoms with Crippen molar-refractivity contribution >= 4 is 57.8 Å². The van der Waals surface area contributed by atoms with Gasteiger partial charge >= 0.3 is 53.7 Å². The Balaban J connectivity index is 0.000000238. The van der Waals surface area contributed by atoms with Crippen LogP contribution in [0.1, 0.15) is 86.2 Å². The Kier molecular flexibility index (Phi) is 20.9. The summed E-state index contributed by atoms with van der Waals surface area (Å²) in [6.45, 7) is 14.1. The summed E-state index contributed by atoms with van der Waals surface area (Å²) in [5, 5.41) is 27.4. The van der Waals surface area contributed by atoms with Crippen molar-refractivity contribution < 1.29 is 92.5 Å². The molecule has 85 heavy (non-hydrogen) atoms. The molecule has 24 heteroatoms. The van der Waals surface area contributed by atoms with Crippen LogP contribution in [0, 0.1) is 0 Å². The van der Waals surface area contributed by atoms with Crippen molar-refractivity contribution in [3.05, 3.63) is 144 Å². The van der Waals surface area contributed by atoms with Crippen LogP contribution in [-0.4, -0.2) is 145 Å². The average Bonchev–Trinajstić information content (AvgIpc) is 2.14. The minimum Gasteiger partial charge on any atom is -0.870 e. The summed E-state index contributed by atoms with van der Waals surface area (Å²) in [5.41, 5.74) is 2.75. The number of aromatic carboxylic acids is 1. The number of carboxylic acids is 1. The van der Waals surface area contributed by atoms with E-state index in [-0.39, 0.29) is 64.9 Å². The van der Waals surface area contributed by atoms with Crippen molar-refractivity contribution in [1.82, 2.24) is 39.3 Å². The fraction of sp³-hybridized carbons (Fsp3) is 0.344. The molecule has 2 atom stereocenters. The van der Waals surface area contributed by atoms with Gasteiger partial charge in [0.1, 0.15) is 56.5 Å². The molecule has 4 N–H and O–H groups in total. The Bertz CT molecular complexity index is 3590. The molecule has 0 aliphatic carbocycles. The molecule has 0 radical (unpaired) electrons. The zero-order chi connectivity index (χ0) is 59.0. The first kappa shape index (κ1) is 63.9. The van der Waals surface area contributed by atoms with Gasteiger partial charge in [0.2, 0.25) is 0 Å². The number of rotatable bonds is 16. The maximum absolute atomic E-state index is 12.7. The van der Waals surface area contributed by atoms with Crippen LogP contribution in [0.2, 0.25) is 0 Å². The van der Waals surface area contributed by atoms with Gasteiger partial charge in [-0.05, 0) is 138 Å². The molecule has 0 saturated carbocycles. The van der Waals surface area contributed by atoms with Crippen molar-refractivity contribution in [2.45, 2.75) is 90.8 Å². The largest absolute Gasteiger partial charge is 1.00 e. The molecule has 0 unspecified atom stereocenters. The van der Waals surface area contributed by atoms with E-state index in [2.05, 4.69) is 20.6 Å². The van der Waals surface area contributed by atoms with E-state index in [0.717, 1.165) is 35.5 Å². The van der Waals surface area contributed by atoms with Crippen LogP contribution >= 0.6 is 0 Å². The van der Waals surface area contributed by atoms with Gasteiger partial charge in [0.15, 0.2) is 22.9 Å². The normalized spacial score (nSPS) is 14.7. The fourth-order valence-corrected chi connectivity index (χ4v) is 9.36. The van der Waals surface area contributed by atoms with Crippen LogP contribution < -0.4 is 59.1 Å². The van der Waals surface area contributed by atoms with Gasteiger partial charge in [-0.25, -0.2) is 38.5 Å². The average molecular weight is 1170 g/mol. The number of carboxylic acid groups (broad SMARTS) is 1. The molecule has 2 fully saturated rings. The van der Waals surface area contributed by atoms with Gasteiger partial charge in [-0.1, -0.05) is 24.3 Å². The van der Waals surface area contributed by atoms with Gasteiger partial charge < -0.3 is 64.2 Å². The Labute approximate surface area is 514 Å². The Morgan fingerprint density at radius 1 is 0.553 bits per heavy atom. The minimum atomic E-state index is -1.01. The van der Waals surface area contributed by atoms with Gasteiger partial charge in [0.05, 0.1) is 45.5 Å². The number of hydrogen-bond acceptors (Lipinski definition) is 18. The molecule has 8 aromatic rings. The zero-order valence-electron chi connectivity index (χ0n) is 49.3. The van der Waals surface area contributed by atoms with E-state index in [1.165, 1.54) is 19.2 Å². The number of ether oxygens (including phenoxy) is 7. The van der Waals surface area contributed by atoms with E-state index < -0.39 is 23.1 Å². The van der Waals surface area contributed by atoms with Crippen molar-refractivity contribution in [3.63, 3.8) is 0 Å². The predicted molar refractivity (Wildman–Crippen MR) is 312 cm³/mol. The molecule has 6 heterocycles. The molecule has 2 aliphatic heterocycles. The number of anilines is 2. The third-order valence-corrected chi connectivity index (χ3v) is 13.4. The summed E-state index contributed by atoms with van der Waals surface area (Å²) in [5.74, 6) is 3.38. The second-order valence-electron chi connectivity index (χ2n) is 21.9.